The largest absolute Gasteiger partial charge is 0.357 e. The van der Waals surface area contributed by atoms with Crippen LogP contribution in [0.3, 0.4) is 0 Å². The summed E-state index contributed by atoms with van der Waals surface area (Å²) in [7, 11) is 0. The van der Waals surface area contributed by atoms with E-state index in [0.717, 1.165) is 16.3 Å². The highest BCUT2D eigenvalue weighted by Crippen LogP contribution is 2.13. The molecule has 0 unspecified atom stereocenters. The Balaban J connectivity index is 1.72. The number of hydrogen-bond acceptors (Lipinski definition) is 6. The minimum absolute atomic E-state index is 0.0937. The fourth-order valence-electron chi connectivity index (χ4n) is 2.61. The van der Waals surface area contributed by atoms with Crippen molar-refractivity contribution in [2.24, 2.45) is 0 Å². The summed E-state index contributed by atoms with van der Waals surface area (Å²) in [6.07, 6.45) is 2.99. The smallest absolute Gasteiger partial charge is 0.350 e. The average molecular weight is 364 g/mol. The average Bonchev–Trinajstić information content (AvgIpc) is 2.67. The van der Waals surface area contributed by atoms with Crippen LogP contribution >= 0.6 is 0 Å². The lowest BCUT2D eigenvalue weighted by molar-refractivity contribution is 0.625. The van der Waals surface area contributed by atoms with Crippen molar-refractivity contribution in [3.8, 4) is 17.1 Å². The third-order valence-electron chi connectivity index (χ3n) is 3.88. The number of aromatic nitrogens is 5. The summed E-state index contributed by atoms with van der Waals surface area (Å²) in [4.78, 5) is 40.0. The van der Waals surface area contributed by atoms with Crippen LogP contribution < -0.4 is 16.6 Å². The number of H-pyrrole nitrogens is 1. The zero-order valence-electron chi connectivity index (χ0n) is 13.9. The predicted octanol–water partition coefficient (Wildman–Crippen LogP) is 1.57. The van der Waals surface area contributed by atoms with E-state index in [1.165, 1.54) is 24.4 Å². The van der Waals surface area contributed by atoms with Crippen LogP contribution in [0.4, 0.5) is 10.3 Å². The number of aromatic amines is 1. The number of nitrogens with one attached hydrogen (secondary N) is 2. The van der Waals surface area contributed by atoms with E-state index in [2.05, 4.69) is 25.3 Å². The first-order chi connectivity index (χ1) is 13.1. The normalized spacial score (nSPS) is 10.9. The molecule has 0 spiro atoms. The number of halogens is 1. The van der Waals surface area contributed by atoms with Crippen LogP contribution in [0, 0.1) is 5.82 Å². The van der Waals surface area contributed by atoms with Gasteiger partial charge in [-0.15, -0.1) is 0 Å². The topological polar surface area (TPSA) is 106 Å². The van der Waals surface area contributed by atoms with Crippen LogP contribution in [0.25, 0.3) is 17.1 Å². The van der Waals surface area contributed by atoms with E-state index >= 15 is 0 Å². The van der Waals surface area contributed by atoms with Gasteiger partial charge in [0, 0.05) is 12.4 Å². The number of pyridine rings is 1. The van der Waals surface area contributed by atoms with Gasteiger partial charge in [-0.3, -0.25) is 9.78 Å². The Hall–Kier alpha value is -3.88. The summed E-state index contributed by atoms with van der Waals surface area (Å²) in [5.74, 6) is -0.128. The van der Waals surface area contributed by atoms with Gasteiger partial charge in [-0.2, -0.15) is 4.98 Å². The molecule has 0 saturated carbocycles. The minimum Gasteiger partial charge on any atom is -0.350 e. The molecule has 0 bridgehead atoms. The van der Waals surface area contributed by atoms with Gasteiger partial charge in [-0.05, 0) is 30.3 Å². The second-order valence-electron chi connectivity index (χ2n) is 5.68. The van der Waals surface area contributed by atoms with E-state index in [0.29, 0.717) is 12.5 Å². The third-order valence-corrected chi connectivity index (χ3v) is 3.88. The van der Waals surface area contributed by atoms with Gasteiger partial charge in [0.25, 0.3) is 5.56 Å². The zero-order valence-corrected chi connectivity index (χ0v) is 13.9. The highest BCUT2D eigenvalue weighted by Gasteiger charge is 2.17. The van der Waals surface area contributed by atoms with Crippen LogP contribution in [0.1, 0.15) is 5.69 Å². The highest BCUT2D eigenvalue weighted by molar-refractivity contribution is 5.56. The van der Waals surface area contributed by atoms with Crippen molar-refractivity contribution in [1.29, 1.82) is 0 Å². The summed E-state index contributed by atoms with van der Waals surface area (Å²) in [6.45, 7) is 0.403. The van der Waals surface area contributed by atoms with Crippen molar-refractivity contribution in [1.82, 2.24) is 24.5 Å². The number of benzene rings is 1. The third kappa shape index (κ3) is 3.30. The van der Waals surface area contributed by atoms with E-state index in [1.807, 2.05) is 18.2 Å². The molecule has 1 aromatic heterocycles. The molecule has 2 aromatic rings. The van der Waals surface area contributed by atoms with Crippen molar-refractivity contribution < 1.29 is 4.39 Å². The van der Waals surface area contributed by atoms with E-state index in [-0.39, 0.29) is 17.1 Å². The summed E-state index contributed by atoms with van der Waals surface area (Å²) >= 11 is 0. The molecule has 0 fully saturated rings. The first-order valence-corrected chi connectivity index (χ1v) is 8.03. The van der Waals surface area contributed by atoms with Gasteiger partial charge < -0.3 is 10.3 Å². The first-order valence-electron chi connectivity index (χ1n) is 8.03. The van der Waals surface area contributed by atoms with E-state index in [4.69, 9.17) is 0 Å². The Kier molecular flexibility index (Phi) is 4.17. The molecule has 3 heterocycles. The quantitative estimate of drug-likeness (QED) is 0.569. The van der Waals surface area contributed by atoms with Crippen molar-refractivity contribution in [3.05, 3.63) is 87.2 Å². The van der Waals surface area contributed by atoms with Crippen LogP contribution in [-0.4, -0.2) is 24.5 Å². The van der Waals surface area contributed by atoms with Crippen LogP contribution in [0.15, 0.2) is 64.4 Å². The Morgan fingerprint density at radius 1 is 1.11 bits per heavy atom. The summed E-state index contributed by atoms with van der Waals surface area (Å²) in [6, 6.07) is 10.7. The van der Waals surface area contributed by atoms with Crippen molar-refractivity contribution >= 4 is 5.95 Å². The molecule has 0 atom stereocenters. The number of fused-ring (bicyclic) bond motifs is 1. The molecule has 0 aliphatic carbocycles. The summed E-state index contributed by atoms with van der Waals surface area (Å²) in [5.41, 5.74) is -0.419. The highest BCUT2D eigenvalue weighted by atomic mass is 19.1. The van der Waals surface area contributed by atoms with Crippen molar-refractivity contribution in [3.63, 3.8) is 0 Å². The molecule has 2 N–H and O–H groups in total. The van der Waals surface area contributed by atoms with Gasteiger partial charge in [0.2, 0.25) is 5.95 Å². The van der Waals surface area contributed by atoms with Gasteiger partial charge in [0.15, 0.2) is 5.82 Å². The van der Waals surface area contributed by atoms with E-state index < -0.39 is 17.1 Å². The second-order valence-corrected chi connectivity index (χ2v) is 5.68. The number of rotatable bonds is 4. The molecule has 0 saturated heterocycles. The van der Waals surface area contributed by atoms with Gasteiger partial charge in [0.05, 0.1) is 17.9 Å². The lowest BCUT2D eigenvalue weighted by atomic mass is 10.2. The Morgan fingerprint density at radius 2 is 2.00 bits per heavy atom. The molecule has 4 rings (SSSR count). The molecular formula is C18H13FN6O2. The van der Waals surface area contributed by atoms with E-state index in [9.17, 15) is 14.0 Å². The van der Waals surface area contributed by atoms with Gasteiger partial charge in [-0.25, -0.2) is 18.7 Å². The van der Waals surface area contributed by atoms with Crippen LogP contribution in [-0.2, 0) is 6.54 Å². The molecule has 0 radical (unpaired) electrons. The minimum atomic E-state index is -0.809. The molecule has 27 heavy (non-hydrogen) atoms. The molecule has 9 heteroatoms. The molecule has 8 nitrogen and oxygen atoms in total. The van der Waals surface area contributed by atoms with Crippen LogP contribution in [0.2, 0.25) is 0 Å². The lowest BCUT2D eigenvalue weighted by Crippen LogP contribution is -2.36. The van der Waals surface area contributed by atoms with Crippen molar-refractivity contribution in [2.75, 3.05) is 5.32 Å². The molecule has 2 aliphatic heterocycles. The lowest BCUT2D eigenvalue weighted by Gasteiger charge is -2.11. The summed E-state index contributed by atoms with van der Waals surface area (Å²) in [5, 5.41) is 3.02. The summed E-state index contributed by atoms with van der Waals surface area (Å²) < 4.78 is 14.2. The fraction of sp³-hybridized carbons (Fsp3) is 0.0556. The van der Waals surface area contributed by atoms with E-state index in [1.54, 1.807) is 6.20 Å². The second kappa shape index (κ2) is 6.79. The zero-order chi connectivity index (χ0) is 18.8. The maximum atomic E-state index is 13.4. The molecular weight excluding hydrogens is 351 g/mol. The molecule has 0 amide bonds. The monoisotopic (exact) mass is 364 g/mol. The van der Waals surface area contributed by atoms with Crippen molar-refractivity contribution in [2.45, 2.75) is 6.54 Å². The number of nitrogens with zero attached hydrogens (tertiary/aromatic N) is 4. The maximum Gasteiger partial charge on any atom is 0.357 e. The number of anilines is 1. The standard InChI is InChI=1S/C18H13FN6O2/c19-11-4-3-6-13(8-11)25-16(26)14-10-22-17(23-15(14)24-18(25)27)21-9-12-5-1-2-7-20-12/h1-8,10H,9H2,(H2,21,22,23,24,27). The maximum absolute atomic E-state index is 13.4. The van der Waals surface area contributed by atoms with Crippen LogP contribution in [0.5, 0.6) is 0 Å². The Bertz CT molecular complexity index is 1190. The SMILES string of the molecule is O=c1nc2[nH]c(NCc3ccccn3)ncc-2c(=O)n1-c1cccc(F)c1. The fourth-order valence-corrected chi connectivity index (χ4v) is 2.61. The molecule has 2 aliphatic rings. The van der Waals surface area contributed by atoms with Gasteiger partial charge in [0.1, 0.15) is 11.4 Å². The Morgan fingerprint density at radius 3 is 2.78 bits per heavy atom. The van der Waals surface area contributed by atoms with Gasteiger partial charge >= 0.3 is 5.69 Å². The molecule has 1 aromatic carbocycles. The number of hydrogen-bond donors (Lipinski definition) is 2. The first kappa shape index (κ1) is 16.6. The predicted molar refractivity (Wildman–Crippen MR) is 96.4 cm³/mol. The van der Waals surface area contributed by atoms with Gasteiger partial charge in [-0.1, -0.05) is 12.1 Å². The Labute approximate surface area is 151 Å². The molecule has 134 valence electrons.